The van der Waals surface area contributed by atoms with E-state index in [2.05, 4.69) is 15.5 Å². The SMILES string of the molecule is C[C@H](NC(=O)CSc1nncn1C)c1ccc(F)cc1F. The molecule has 1 heterocycles. The highest BCUT2D eigenvalue weighted by molar-refractivity contribution is 7.99. The Balaban J connectivity index is 1.91. The molecule has 0 spiro atoms. The molecule has 0 saturated carbocycles. The maximum absolute atomic E-state index is 13.6. The fourth-order valence-corrected chi connectivity index (χ4v) is 2.45. The molecule has 21 heavy (non-hydrogen) atoms. The highest BCUT2D eigenvalue weighted by atomic mass is 32.2. The van der Waals surface area contributed by atoms with Gasteiger partial charge in [0.2, 0.25) is 5.91 Å². The molecule has 112 valence electrons. The molecule has 1 aromatic carbocycles. The summed E-state index contributed by atoms with van der Waals surface area (Å²) in [5.74, 6) is -1.45. The number of carbonyl (C=O) groups is 1. The number of aryl methyl sites for hydroxylation is 1. The molecule has 0 unspecified atom stereocenters. The van der Waals surface area contributed by atoms with E-state index in [1.165, 1.54) is 24.2 Å². The number of halogens is 2. The molecule has 0 saturated heterocycles. The van der Waals surface area contributed by atoms with E-state index in [0.29, 0.717) is 5.16 Å². The Morgan fingerprint density at radius 2 is 2.24 bits per heavy atom. The number of benzene rings is 1. The third kappa shape index (κ3) is 4.01. The lowest BCUT2D eigenvalue weighted by Gasteiger charge is -2.15. The number of amides is 1. The van der Waals surface area contributed by atoms with Crippen LogP contribution in [-0.2, 0) is 11.8 Å². The summed E-state index contributed by atoms with van der Waals surface area (Å²) >= 11 is 1.23. The minimum atomic E-state index is -0.677. The van der Waals surface area contributed by atoms with Crippen molar-refractivity contribution >= 4 is 17.7 Å². The number of hydrogen-bond donors (Lipinski definition) is 1. The van der Waals surface area contributed by atoms with Crippen molar-refractivity contribution in [3.8, 4) is 0 Å². The fraction of sp³-hybridized carbons (Fsp3) is 0.308. The fourth-order valence-electron chi connectivity index (χ4n) is 1.75. The molecule has 5 nitrogen and oxygen atoms in total. The second kappa shape index (κ2) is 6.66. The molecule has 8 heteroatoms. The Morgan fingerprint density at radius 3 is 2.86 bits per heavy atom. The van der Waals surface area contributed by atoms with Gasteiger partial charge in [0, 0.05) is 18.7 Å². The van der Waals surface area contributed by atoms with Crippen molar-refractivity contribution in [3.05, 3.63) is 41.7 Å². The van der Waals surface area contributed by atoms with Crippen LogP contribution in [0.3, 0.4) is 0 Å². The van der Waals surface area contributed by atoms with Crippen molar-refractivity contribution in [3.63, 3.8) is 0 Å². The summed E-state index contributed by atoms with van der Waals surface area (Å²) in [4.78, 5) is 11.8. The van der Waals surface area contributed by atoms with E-state index in [4.69, 9.17) is 0 Å². The predicted molar refractivity (Wildman–Crippen MR) is 74.6 cm³/mol. The molecule has 1 aromatic heterocycles. The number of hydrogen-bond acceptors (Lipinski definition) is 4. The Morgan fingerprint density at radius 1 is 1.48 bits per heavy atom. The smallest absolute Gasteiger partial charge is 0.230 e. The number of thioether (sulfide) groups is 1. The van der Waals surface area contributed by atoms with Gasteiger partial charge < -0.3 is 9.88 Å². The minimum absolute atomic E-state index is 0.139. The van der Waals surface area contributed by atoms with Gasteiger partial charge >= 0.3 is 0 Å². The van der Waals surface area contributed by atoms with E-state index in [1.54, 1.807) is 18.5 Å². The van der Waals surface area contributed by atoms with Crippen molar-refractivity contribution in [1.82, 2.24) is 20.1 Å². The summed E-state index contributed by atoms with van der Waals surface area (Å²) in [5, 5.41) is 10.8. The zero-order valence-electron chi connectivity index (χ0n) is 11.5. The Labute approximate surface area is 124 Å². The lowest BCUT2D eigenvalue weighted by Crippen LogP contribution is -2.28. The molecule has 0 radical (unpaired) electrons. The van der Waals surface area contributed by atoms with Crippen LogP contribution < -0.4 is 5.32 Å². The van der Waals surface area contributed by atoms with Gasteiger partial charge in [0.1, 0.15) is 18.0 Å². The summed E-state index contributed by atoms with van der Waals surface area (Å²) in [7, 11) is 1.77. The Kier molecular flexibility index (Phi) is 4.89. The van der Waals surface area contributed by atoms with E-state index >= 15 is 0 Å². The van der Waals surface area contributed by atoms with Crippen LogP contribution >= 0.6 is 11.8 Å². The van der Waals surface area contributed by atoms with Crippen molar-refractivity contribution in [1.29, 1.82) is 0 Å². The van der Waals surface area contributed by atoms with Gasteiger partial charge in [-0.1, -0.05) is 17.8 Å². The summed E-state index contributed by atoms with van der Waals surface area (Å²) in [6.07, 6.45) is 1.54. The van der Waals surface area contributed by atoms with Gasteiger partial charge in [-0.2, -0.15) is 0 Å². The van der Waals surface area contributed by atoms with Gasteiger partial charge in [-0.05, 0) is 13.0 Å². The topological polar surface area (TPSA) is 59.8 Å². The molecule has 1 N–H and O–H groups in total. The molecule has 1 atom stereocenters. The van der Waals surface area contributed by atoms with Crippen molar-refractivity contribution in [2.75, 3.05) is 5.75 Å². The van der Waals surface area contributed by atoms with Gasteiger partial charge in [-0.25, -0.2) is 8.78 Å². The van der Waals surface area contributed by atoms with Crippen LogP contribution in [0.1, 0.15) is 18.5 Å². The van der Waals surface area contributed by atoms with Crippen LogP contribution in [0.25, 0.3) is 0 Å². The normalized spacial score (nSPS) is 12.2. The average Bonchev–Trinajstić information content (AvgIpc) is 2.81. The first-order chi connectivity index (χ1) is 9.97. The highest BCUT2D eigenvalue weighted by Crippen LogP contribution is 2.18. The summed E-state index contributed by atoms with van der Waals surface area (Å²) in [5.41, 5.74) is 0.244. The predicted octanol–water partition coefficient (Wildman–Crippen LogP) is 2.06. The monoisotopic (exact) mass is 312 g/mol. The molecule has 0 aliphatic rings. The van der Waals surface area contributed by atoms with Gasteiger partial charge in [0.15, 0.2) is 5.16 Å². The van der Waals surface area contributed by atoms with Crippen LogP contribution in [0.5, 0.6) is 0 Å². The van der Waals surface area contributed by atoms with Crippen LogP contribution in [0.4, 0.5) is 8.78 Å². The largest absolute Gasteiger partial charge is 0.349 e. The minimum Gasteiger partial charge on any atom is -0.349 e. The Hall–Kier alpha value is -1.96. The van der Waals surface area contributed by atoms with E-state index in [0.717, 1.165) is 12.1 Å². The van der Waals surface area contributed by atoms with Crippen molar-refractivity contribution in [2.45, 2.75) is 18.1 Å². The van der Waals surface area contributed by atoms with Gasteiger partial charge in [-0.3, -0.25) is 4.79 Å². The Bertz CT molecular complexity index is 647. The van der Waals surface area contributed by atoms with Gasteiger partial charge in [0.25, 0.3) is 0 Å². The van der Waals surface area contributed by atoms with Crippen molar-refractivity contribution < 1.29 is 13.6 Å². The lowest BCUT2D eigenvalue weighted by atomic mass is 10.1. The number of rotatable bonds is 5. The molecule has 0 fully saturated rings. The number of nitrogens with one attached hydrogen (secondary N) is 1. The maximum atomic E-state index is 13.6. The number of nitrogens with zero attached hydrogens (tertiary/aromatic N) is 3. The number of carbonyl (C=O) groups excluding carboxylic acids is 1. The van der Waals surface area contributed by atoms with Crippen LogP contribution in [-0.4, -0.2) is 26.4 Å². The summed E-state index contributed by atoms with van der Waals surface area (Å²) < 4.78 is 28.1. The second-order valence-corrected chi connectivity index (χ2v) is 5.41. The van der Waals surface area contributed by atoms with E-state index in [-0.39, 0.29) is 17.2 Å². The first kappa shape index (κ1) is 15.4. The number of aromatic nitrogens is 3. The molecule has 0 aliphatic heterocycles. The quantitative estimate of drug-likeness (QED) is 0.859. The van der Waals surface area contributed by atoms with Crippen LogP contribution in [0.15, 0.2) is 29.7 Å². The van der Waals surface area contributed by atoms with Gasteiger partial charge in [-0.15, -0.1) is 10.2 Å². The van der Waals surface area contributed by atoms with Crippen LogP contribution in [0.2, 0.25) is 0 Å². The lowest BCUT2D eigenvalue weighted by molar-refractivity contribution is -0.119. The second-order valence-electron chi connectivity index (χ2n) is 4.47. The molecule has 0 bridgehead atoms. The van der Waals surface area contributed by atoms with E-state index < -0.39 is 17.7 Å². The molecule has 2 rings (SSSR count). The third-order valence-corrected chi connectivity index (χ3v) is 3.84. The molecular formula is C13H14F2N4OS. The van der Waals surface area contributed by atoms with Crippen LogP contribution in [0, 0.1) is 11.6 Å². The first-order valence-corrected chi connectivity index (χ1v) is 7.17. The van der Waals surface area contributed by atoms with Crippen molar-refractivity contribution in [2.24, 2.45) is 7.05 Å². The zero-order chi connectivity index (χ0) is 15.4. The maximum Gasteiger partial charge on any atom is 0.230 e. The zero-order valence-corrected chi connectivity index (χ0v) is 12.3. The first-order valence-electron chi connectivity index (χ1n) is 6.18. The highest BCUT2D eigenvalue weighted by Gasteiger charge is 2.15. The van der Waals surface area contributed by atoms with E-state index in [1.807, 2.05) is 0 Å². The van der Waals surface area contributed by atoms with E-state index in [9.17, 15) is 13.6 Å². The third-order valence-electron chi connectivity index (χ3n) is 2.81. The summed E-state index contributed by atoms with van der Waals surface area (Å²) in [6, 6.07) is 2.74. The summed E-state index contributed by atoms with van der Waals surface area (Å²) in [6.45, 7) is 1.64. The molecular weight excluding hydrogens is 298 g/mol. The molecule has 0 aliphatic carbocycles. The average molecular weight is 312 g/mol. The molecule has 1 amide bonds. The standard InChI is InChI=1S/C13H14F2N4OS/c1-8(10-4-3-9(14)5-11(10)15)17-12(20)6-21-13-18-16-7-19(13)2/h3-5,7-8H,6H2,1-2H3,(H,17,20)/t8-/m0/s1. The molecule has 2 aromatic rings. The van der Waals surface area contributed by atoms with Gasteiger partial charge in [0.05, 0.1) is 11.8 Å².